The normalized spacial score (nSPS) is 9.79. The van der Waals surface area contributed by atoms with Crippen molar-refractivity contribution in [2.45, 2.75) is 19.8 Å². The van der Waals surface area contributed by atoms with Gasteiger partial charge in [0.1, 0.15) is 17.5 Å². The number of nitrogens with one attached hydrogen (secondary N) is 1. The summed E-state index contributed by atoms with van der Waals surface area (Å²) >= 11 is 0. The van der Waals surface area contributed by atoms with Gasteiger partial charge >= 0.3 is 0 Å². The van der Waals surface area contributed by atoms with E-state index in [0.717, 1.165) is 19.4 Å². The zero-order valence-corrected chi connectivity index (χ0v) is 8.54. The summed E-state index contributed by atoms with van der Waals surface area (Å²) in [6.45, 7) is 2.93. The van der Waals surface area contributed by atoms with Crippen molar-refractivity contribution in [2.75, 3.05) is 17.6 Å². The van der Waals surface area contributed by atoms with E-state index in [1.807, 2.05) is 6.07 Å². The molecular formula is C9H15N5. The molecule has 0 aliphatic rings. The number of rotatable bonds is 4. The van der Waals surface area contributed by atoms with Crippen LogP contribution < -0.4 is 11.1 Å². The number of anilines is 2. The van der Waals surface area contributed by atoms with Gasteiger partial charge in [0.05, 0.1) is 0 Å². The second kappa shape index (κ2) is 4.51. The highest BCUT2D eigenvalue weighted by Gasteiger charge is 2.11. The summed E-state index contributed by atoms with van der Waals surface area (Å²) in [5, 5.41) is 16.0. The van der Waals surface area contributed by atoms with Gasteiger partial charge in [-0.15, -0.1) is 0 Å². The van der Waals surface area contributed by atoms with Gasteiger partial charge in [0, 0.05) is 13.6 Å². The Labute approximate surface area is 83.5 Å². The van der Waals surface area contributed by atoms with Crippen molar-refractivity contribution in [3.63, 3.8) is 0 Å². The maximum atomic E-state index is 8.85. The molecule has 1 aromatic rings. The van der Waals surface area contributed by atoms with Crippen LogP contribution in [0, 0.1) is 11.3 Å². The second-order valence-electron chi connectivity index (χ2n) is 3.12. The lowest BCUT2D eigenvalue weighted by Crippen LogP contribution is -2.03. The van der Waals surface area contributed by atoms with Crippen LogP contribution in [0.1, 0.15) is 25.3 Å². The molecule has 3 N–H and O–H groups in total. The van der Waals surface area contributed by atoms with Crippen molar-refractivity contribution >= 4 is 11.6 Å². The highest BCUT2D eigenvalue weighted by Crippen LogP contribution is 2.18. The number of nitrogens with zero attached hydrogens (tertiary/aromatic N) is 3. The Morgan fingerprint density at radius 2 is 2.36 bits per heavy atom. The van der Waals surface area contributed by atoms with E-state index in [1.165, 1.54) is 4.68 Å². The van der Waals surface area contributed by atoms with Crippen molar-refractivity contribution < 1.29 is 0 Å². The van der Waals surface area contributed by atoms with Crippen LogP contribution in [0.2, 0.25) is 0 Å². The third-order valence-corrected chi connectivity index (χ3v) is 2.03. The first-order valence-corrected chi connectivity index (χ1v) is 4.67. The van der Waals surface area contributed by atoms with Gasteiger partial charge in [-0.3, -0.25) is 0 Å². The van der Waals surface area contributed by atoms with Gasteiger partial charge in [-0.2, -0.15) is 10.4 Å². The summed E-state index contributed by atoms with van der Waals surface area (Å²) in [5.41, 5.74) is 6.09. The molecule has 0 spiro atoms. The molecule has 0 amide bonds. The third-order valence-electron chi connectivity index (χ3n) is 2.03. The van der Waals surface area contributed by atoms with Crippen LogP contribution in [0.3, 0.4) is 0 Å². The van der Waals surface area contributed by atoms with Crippen molar-refractivity contribution in [2.24, 2.45) is 7.05 Å². The number of nitriles is 1. The van der Waals surface area contributed by atoms with Gasteiger partial charge in [-0.25, -0.2) is 4.68 Å². The SMILES string of the molecule is CCCCNc1nn(C)c(N)c1C#N. The van der Waals surface area contributed by atoms with E-state index in [2.05, 4.69) is 17.3 Å². The van der Waals surface area contributed by atoms with E-state index in [1.54, 1.807) is 7.05 Å². The van der Waals surface area contributed by atoms with E-state index < -0.39 is 0 Å². The number of aryl methyl sites for hydroxylation is 1. The van der Waals surface area contributed by atoms with Gasteiger partial charge < -0.3 is 11.1 Å². The molecule has 5 heteroatoms. The molecule has 76 valence electrons. The molecule has 5 nitrogen and oxygen atoms in total. The Balaban J connectivity index is 2.77. The molecule has 0 bridgehead atoms. The number of unbranched alkanes of at least 4 members (excludes halogenated alkanes) is 1. The smallest absolute Gasteiger partial charge is 0.168 e. The van der Waals surface area contributed by atoms with Crippen LogP contribution in [0.15, 0.2) is 0 Å². The van der Waals surface area contributed by atoms with E-state index >= 15 is 0 Å². The lowest BCUT2D eigenvalue weighted by atomic mass is 10.3. The molecule has 0 aromatic carbocycles. The Bertz CT molecular complexity index is 347. The average molecular weight is 193 g/mol. The molecule has 1 aromatic heterocycles. The lowest BCUT2D eigenvalue weighted by molar-refractivity contribution is 0.772. The van der Waals surface area contributed by atoms with E-state index in [0.29, 0.717) is 17.2 Å². The monoisotopic (exact) mass is 193 g/mol. The summed E-state index contributed by atoms with van der Waals surface area (Å²) in [7, 11) is 1.72. The zero-order valence-electron chi connectivity index (χ0n) is 8.54. The summed E-state index contributed by atoms with van der Waals surface area (Å²) in [6, 6.07) is 2.04. The third kappa shape index (κ3) is 1.96. The molecule has 0 radical (unpaired) electrons. The predicted octanol–water partition coefficient (Wildman–Crippen LogP) is 1.09. The molecule has 0 saturated carbocycles. The molecular weight excluding hydrogens is 178 g/mol. The minimum absolute atomic E-state index is 0.409. The fourth-order valence-electron chi connectivity index (χ4n) is 1.15. The van der Waals surface area contributed by atoms with E-state index in [4.69, 9.17) is 11.0 Å². The number of hydrogen-bond donors (Lipinski definition) is 2. The standard InChI is InChI=1S/C9H15N5/c1-3-4-5-12-9-7(6-10)8(11)14(2)13-9/h3-5,11H2,1-2H3,(H,12,13). The summed E-state index contributed by atoms with van der Waals surface area (Å²) in [5.74, 6) is 0.993. The zero-order chi connectivity index (χ0) is 10.6. The van der Waals surface area contributed by atoms with Crippen LogP contribution in [0.5, 0.6) is 0 Å². The van der Waals surface area contributed by atoms with Crippen molar-refractivity contribution in [1.29, 1.82) is 5.26 Å². The molecule has 0 atom stereocenters. The Morgan fingerprint density at radius 1 is 1.64 bits per heavy atom. The molecule has 0 fully saturated rings. The molecule has 0 aliphatic heterocycles. The number of nitrogens with two attached hydrogens (primary N) is 1. The molecule has 1 rings (SSSR count). The fourth-order valence-corrected chi connectivity index (χ4v) is 1.15. The van der Waals surface area contributed by atoms with Gasteiger partial charge in [-0.05, 0) is 6.42 Å². The molecule has 1 heterocycles. The number of hydrogen-bond acceptors (Lipinski definition) is 4. The average Bonchev–Trinajstić information content (AvgIpc) is 2.43. The van der Waals surface area contributed by atoms with Gasteiger partial charge in [0.15, 0.2) is 5.82 Å². The van der Waals surface area contributed by atoms with Crippen LogP contribution in [0.25, 0.3) is 0 Å². The molecule has 0 saturated heterocycles. The summed E-state index contributed by atoms with van der Waals surface area (Å²) < 4.78 is 1.51. The predicted molar refractivity (Wildman–Crippen MR) is 55.7 cm³/mol. The van der Waals surface area contributed by atoms with Crippen LogP contribution in [-0.4, -0.2) is 16.3 Å². The minimum Gasteiger partial charge on any atom is -0.383 e. The van der Waals surface area contributed by atoms with Gasteiger partial charge in [0.25, 0.3) is 0 Å². The highest BCUT2D eigenvalue weighted by molar-refractivity contribution is 5.63. The molecule has 14 heavy (non-hydrogen) atoms. The van der Waals surface area contributed by atoms with Gasteiger partial charge in [0.2, 0.25) is 0 Å². The second-order valence-corrected chi connectivity index (χ2v) is 3.12. The minimum atomic E-state index is 0.409. The van der Waals surface area contributed by atoms with Crippen molar-refractivity contribution in [3.05, 3.63) is 5.56 Å². The maximum absolute atomic E-state index is 8.85. The summed E-state index contributed by atoms with van der Waals surface area (Å²) in [4.78, 5) is 0. The Kier molecular flexibility index (Phi) is 3.35. The lowest BCUT2D eigenvalue weighted by Gasteiger charge is -2.00. The number of nitrogen functional groups attached to an aromatic ring is 1. The first kappa shape index (κ1) is 10.4. The summed E-state index contributed by atoms with van der Waals surface area (Å²) in [6.07, 6.45) is 2.17. The first-order valence-electron chi connectivity index (χ1n) is 4.67. The van der Waals surface area contributed by atoms with E-state index in [9.17, 15) is 0 Å². The number of aromatic nitrogens is 2. The first-order chi connectivity index (χ1) is 6.70. The van der Waals surface area contributed by atoms with Crippen molar-refractivity contribution in [3.8, 4) is 6.07 Å². The largest absolute Gasteiger partial charge is 0.383 e. The topological polar surface area (TPSA) is 79.7 Å². The molecule has 0 aliphatic carbocycles. The van der Waals surface area contributed by atoms with Crippen LogP contribution in [-0.2, 0) is 7.05 Å². The van der Waals surface area contributed by atoms with Crippen LogP contribution in [0.4, 0.5) is 11.6 Å². The fraction of sp³-hybridized carbons (Fsp3) is 0.556. The van der Waals surface area contributed by atoms with Crippen molar-refractivity contribution in [1.82, 2.24) is 9.78 Å². The van der Waals surface area contributed by atoms with Crippen LogP contribution >= 0.6 is 0 Å². The highest BCUT2D eigenvalue weighted by atomic mass is 15.3. The Hall–Kier alpha value is -1.70. The quantitative estimate of drug-likeness (QED) is 0.701. The maximum Gasteiger partial charge on any atom is 0.168 e. The molecule has 0 unspecified atom stereocenters. The van der Waals surface area contributed by atoms with E-state index in [-0.39, 0.29) is 0 Å². The van der Waals surface area contributed by atoms with Gasteiger partial charge in [-0.1, -0.05) is 13.3 Å². The Morgan fingerprint density at radius 3 is 2.93 bits per heavy atom.